The molecule has 0 aliphatic carbocycles. The lowest BCUT2D eigenvalue weighted by atomic mass is 10.2. The predicted octanol–water partition coefficient (Wildman–Crippen LogP) is 5.21. The van der Waals surface area contributed by atoms with Crippen LogP contribution >= 0.6 is 11.8 Å². The first kappa shape index (κ1) is 25.1. The highest BCUT2D eigenvalue weighted by Crippen LogP contribution is 2.30. The number of aryl methyl sites for hydroxylation is 2. The number of nitrogens with zero attached hydrogens (tertiary/aromatic N) is 3. The molecule has 0 atom stereocenters. The van der Waals surface area contributed by atoms with Crippen molar-refractivity contribution in [3.8, 4) is 22.9 Å². The van der Waals surface area contributed by atoms with E-state index in [1.54, 1.807) is 32.4 Å². The molecule has 36 heavy (non-hydrogen) atoms. The zero-order valence-corrected chi connectivity index (χ0v) is 21.5. The summed E-state index contributed by atoms with van der Waals surface area (Å²) in [5.41, 5.74) is 3.82. The van der Waals surface area contributed by atoms with Crippen molar-refractivity contribution in [3.63, 3.8) is 0 Å². The van der Waals surface area contributed by atoms with E-state index in [1.165, 1.54) is 11.8 Å². The van der Waals surface area contributed by atoms with E-state index in [4.69, 9.17) is 14.2 Å². The van der Waals surface area contributed by atoms with Crippen molar-refractivity contribution in [2.24, 2.45) is 0 Å². The Morgan fingerprint density at radius 1 is 0.889 bits per heavy atom. The number of amides is 1. The predicted molar refractivity (Wildman–Crippen MR) is 141 cm³/mol. The number of carbonyl (C=O) groups excluding carboxylic acids is 1. The molecule has 0 spiro atoms. The SMILES string of the molecule is COc1ccc(NC(=O)CSc2nnc(COc3ccc(C)cc3)n2-c2ccc(C)cc2)cc1OC. The molecule has 1 amide bonds. The summed E-state index contributed by atoms with van der Waals surface area (Å²) in [5.74, 6) is 2.50. The first-order chi connectivity index (χ1) is 17.5. The van der Waals surface area contributed by atoms with Gasteiger partial charge in [0.2, 0.25) is 5.91 Å². The fraction of sp³-hybridized carbons (Fsp3) is 0.222. The second-order valence-electron chi connectivity index (χ2n) is 8.08. The molecule has 0 fully saturated rings. The first-order valence-electron chi connectivity index (χ1n) is 11.3. The van der Waals surface area contributed by atoms with Crippen LogP contribution in [0.25, 0.3) is 5.69 Å². The molecule has 0 bridgehead atoms. The Hall–Kier alpha value is -3.98. The highest BCUT2D eigenvalue weighted by molar-refractivity contribution is 7.99. The number of ether oxygens (including phenoxy) is 3. The van der Waals surface area contributed by atoms with Gasteiger partial charge in [-0.3, -0.25) is 9.36 Å². The Labute approximate surface area is 214 Å². The minimum absolute atomic E-state index is 0.150. The molecule has 8 nitrogen and oxygen atoms in total. The van der Waals surface area contributed by atoms with Crippen LogP contribution < -0.4 is 19.5 Å². The molecule has 0 aliphatic rings. The molecule has 0 radical (unpaired) electrons. The van der Waals surface area contributed by atoms with E-state index in [-0.39, 0.29) is 18.3 Å². The fourth-order valence-electron chi connectivity index (χ4n) is 3.46. The van der Waals surface area contributed by atoms with Crippen LogP contribution in [0.5, 0.6) is 17.2 Å². The minimum Gasteiger partial charge on any atom is -0.493 e. The fourth-order valence-corrected chi connectivity index (χ4v) is 4.23. The van der Waals surface area contributed by atoms with Crippen LogP contribution in [0.15, 0.2) is 71.9 Å². The van der Waals surface area contributed by atoms with E-state index in [0.29, 0.717) is 28.2 Å². The number of hydrogen-bond donors (Lipinski definition) is 1. The lowest BCUT2D eigenvalue weighted by Gasteiger charge is -2.12. The molecule has 0 saturated heterocycles. The quantitative estimate of drug-likeness (QED) is 0.297. The summed E-state index contributed by atoms with van der Waals surface area (Å²) in [6.07, 6.45) is 0. The molecule has 0 unspecified atom stereocenters. The number of rotatable bonds is 10. The molecule has 4 rings (SSSR count). The van der Waals surface area contributed by atoms with Gasteiger partial charge in [0, 0.05) is 17.4 Å². The van der Waals surface area contributed by atoms with Crippen molar-refractivity contribution in [2.75, 3.05) is 25.3 Å². The van der Waals surface area contributed by atoms with Gasteiger partial charge in [-0.25, -0.2) is 0 Å². The summed E-state index contributed by atoms with van der Waals surface area (Å²) >= 11 is 1.30. The summed E-state index contributed by atoms with van der Waals surface area (Å²) in [5, 5.41) is 12.2. The third-order valence-corrected chi connectivity index (χ3v) is 6.31. The average Bonchev–Trinajstić information content (AvgIpc) is 3.30. The Balaban J connectivity index is 1.49. The van der Waals surface area contributed by atoms with Crippen molar-refractivity contribution >= 4 is 23.4 Å². The molecule has 1 N–H and O–H groups in total. The highest BCUT2D eigenvalue weighted by atomic mass is 32.2. The van der Waals surface area contributed by atoms with Gasteiger partial charge in [0.15, 0.2) is 22.5 Å². The van der Waals surface area contributed by atoms with Gasteiger partial charge in [-0.15, -0.1) is 10.2 Å². The van der Waals surface area contributed by atoms with E-state index in [1.807, 2.05) is 66.9 Å². The average molecular weight is 505 g/mol. The van der Waals surface area contributed by atoms with Gasteiger partial charge in [-0.05, 0) is 50.2 Å². The molecule has 9 heteroatoms. The van der Waals surface area contributed by atoms with E-state index >= 15 is 0 Å². The van der Waals surface area contributed by atoms with Crippen molar-refractivity contribution in [1.82, 2.24) is 14.8 Å². The largest absolute Gasteiger partial charge is 0.493 e. The van der Waals surface area contributed by atoms with Crippen LogP contribution in [-0.4, -0.2) is 40.6 Å². The Kier molecular flexibility index (Phi) is 8.12. The summed E-state index contributed by atoms with van der Waals surface area (Å²) < 4.78 is 18.4. The van der Waals surface area contributed by atoms with Crippen molar-refractivity contribution in [3.05, 3.63) is 83.7 Å². The molecule has 1 heterocycles. The van der Waals surface area contributed by atoms with E-state index in [2.05, 4.69) is 15.5 Å². The van der Waals surface area contributed by atoms with Crippen molar-refractivity contribution in [1.29, 1.82) is 0 Å². The van der Waals surface area contributed by atoms with Gasteiger partial charge >= 0.3 is 0 Å². The molecule has 1 aromatic heterocycles. The summed E-state index contributed by atoms with van der Waals surface area (Å²) in [7, 11) is 3.12. The number of thioether (sulfide) groups is 1. The number of carbonyl (C=O) groups is 1. The zero-order valence-electron chi connectivity index (χ0n) is 20.6. The molecule has 4 aromatic rings. The maximum absolute atomic E-state index is 12.7. The molecule has 3 aromatic carbocycles. The van der Waals surface area contributed by atoms with Crippen molar-refractivity contribution in [2.45, 2.75) is 25.6 Å². The van der Waals surface area contributed by atoms with Crippen LogP contribution in [0.2, 0.25) is 0 Å². The van der Waals surface area contributed by atoms with Crippen LogP contribution in [-0.2, 0) is 11.4 Å². The number of anilines is 1. The first-order valence-corrected chi connectivity index (χ1v) is 12.3. The normalized spacial score (nSPS) is 10.7. The lowest BCUT2D eigenvalue weighted by molar-refractivity contribution is -0.113. The maximum atomic E-state index is 12.7. The van der Waals surface area contributed by atoms with Crippen LogP contribution in [0.1, 0.15) is 17.0 Å². The van der Waals surface area contributed by atoms with Crippen LogP contribution in [0.4, 0.5) is 5.69 Å². The highest BCUT2D eigenvalue weighted by Gasteiger charge is 2.17. The summed E-state index contributed by atoms with van der Waals surface area (Å²) in [4.78, 5) is 12.7. The van der Waals surface area contributed by atoms with E-state index in [0.717, 1.165) is 22.6 Å². The molecular weight excluding hydrogens is 476 g/mol. The van der Waals surface area contributed by atoms with Gasteiger partial charge in [-0.1, -0.05) is 47.2 Å². The Bertz CT molecular complexity index is 1320. The molecule has 186 valence electrons. The Morgan fingerprint density at radius 2 is 1.56 bits per heavy atom. The number of methoxy groups -OCH3 is 2. The topological polar surface area (TPSA) is 87.5 Å². The second-order valence-corrected chi connectivity index (χ2v) is 9.02. The number of benzene rings is 3. The lowest BCUT2D eigenvalue weighted by Crippen LogP contribution is -2.15. The monoisotopic (exact) mass is 504 g/mol. The number of nitrogens with one attached hydrogen (secondary N) is 1. The molecular formula is C27H28N4O4S. The van der Waals surface area contributed by atoms with Gasteiger partial charge in [0.25, 0.3) is 0 Å². The second kappa shape index (κ2) is 11.6. The third-order valence-electron chi connectivity index (χ3n) is 5.38. The van der Waals surface area contributed by atoms with Gasteiger partial charge < -0.3 is 19.5 Å². The minimum atomic E-state index is -0.178. The standard InChI is InChI=1S/C27H28N4O4S/c1-18-5-10-21(11-6-18)31-25(16-35-22-12-7-19(2)8-13-22)29-30-27(31)36-17-26(32)28-20-9-14-23(33-3)24(15-20)34-4/h5-15H,16-17H2,1-4H3,(H,28,32). The summed E-state index contributed by atoms with van der Waals surface area (Å²) in [6.45, 7) is 4.30. The maximum Gasteiger partial charge on any atom is 0.234 e. The Morgan fingerprint density at radius 3 is 2.22 bits per heavy atom. The number of aromatic nitrogens is 3. The van der Waals surface area contributed by atoms with Crippen LogP contribution in [0.3, 0.4) is 0 Å². The molecule has 0 saturated carbocycles. The molecule has 0 aliphatic heterocycles. The smallest absolute Gasteiger partial charge is 0.234 e. The summed E-state index contributed by atoms with van der Waals surface area (Å²) in [6, 6.07) is 21.1. The van der Waals surface area contributed by atoms with Crippen LogP contribution in [0, 0.1) is 13.8 Å². The third kappa shape index (κ3) is 6.17. The van der Waals surface area contributed by atoms with Gasteiger partial charge in [0.05, 0.1) is 20.0 Å². The van der Waals surface area contributed by atoms with Gasteiger partial charge in [-0.2, -0.15) is 0 Å². The number of hydrogen-bond acceptors (Lipinski definition) is 7. The van der Waals surface area contributed by atoms with E-state index < -0.39 is 0 Å². The van der Waals surface area contributed by atoms with Gasteiger partial charge in [0.1, 0.15) is 12.4 Å². The zero-order chi connectivity index (χ0) is 25.5. The van der Waals surface area contributed by atoms with E-state index in [9.17, 15) is 4.79 Å². The van der Waals surface area contributed by atoms with Crippen molar-refractivity contribution < 1.29 is 19.0 Å².